The Kier molecular flexibility index (Phi) is 1.71. The van der Waals surface area contributed by atoms with Crippen LogP contribution in [0.1, 0.15) is 5.69 Å². The van der Waals surface area contributed by atoms with Gasteiger partial charge >= 0.3 is 0 Å². The molecule has 0 aliphatic carbocycles. The zero-order valence-corrected chi connectivity index (χ0v) is 7.50. The minimum absolute atomic E-state index is 0.957. The average Bonchev–Trinajstić information content (AvgIpc) is 2.55. The van der Waals surface area contributed by atoms with Crippen LogP contribution in [0.15, 0.2) is 12.3 Å². The maximum absolute atomic E-state index is 4.14. The third-order valence-electron chi connectivity index (χ3n) is 1.23. The van der Waals surface area contributed by atoms with E-state index in [1.165, 1.54) is 23.1 Å². The summed E-state index contributed by atoms with van der Waals surface area (Å²) in [6, 6.07) is 5.14. The Hall–Kier alpha value is -0.740. The first-order chi connectivity index (χ1) is 5.36. The molecule has 0 fully saturated rings. The Morgan fingerprint density at radius 2 is 2.36 bits per heavy atom. The Morgan fingerprint density at radius 1 is 1.45 bits per heavy atom. The van der Waals surface area contributed by atoms with Crippen molar-refractivity contribution in [2.75, 3.05) is 0 Å². The van der Waals surface area contributed by atoms with E-state index in [1.54, 1.807) is 6.20 Å². The molecule has 0 saturated heterocycles. The first-order valence-electron chi connectivity index (χ1n) is 3.13. The molecule has 0 N–H and O–H groups in total. The van der Waals surface area contributed by atoms with Crippen LogP contribution < -0.4 is 0 Å². The fraction of sp³-hybridized carbons (Fsp3) is 0.143. The Labute approximate surface area is 72.9 Å². The third-order valence-corrected chi connectivity index (χ3v) is 2.99. The summed E-state index contributed by atoms with van der Waals surface area (Å²) in [6.45, 7) is 1.95. The van der Waals surface area contributed by atoms with Crippen molar-refractivity contribution in [3.05, 3.63) is 24.0 Å². The van der Waals surface area contributed by atoms with E-state index in [9.17, 15) is 0 Å². The smallest absolute Gasteiger partial charge is 0.0748 e. The summed E-state index contributed by atoms with van der Waals surface area (Å²) in [5, 5.41) is 0. The molecule has 2 aromatic heterocycles. The Balaban J connectivity index is 2.45. The van der Waals surface area contributed by atoms with Gasteiger partial charge in [-0.25, -0.2) is 4.37 Å². The molecular formula is C7H5N2S2. The van der Waals surface area contributed by atoms with E-state index in [0.717, 1.165) is 15.4 Å². The highest BCUT2D eigenvalue weighted by Gasteiger charge is 2.02. The van der Waals surface area contributed by atoms with Gasteiger partial charge in [0.1, 0.15) is 0 Å². The molecule has 4 heteroatoms. The van der Waals surface area contributed by atoms with Gasteiger partial charge in [0, 0.05) is 12.3 Å². The van der Waals surface area contributed by atoms with Gasteiger partial charge in [0.05, 0.1) is 15.4 Å². The second-order valence-electron chi connectivity index (χ2n) is 2.10. The minimum atomic E-state index is 0.957. The van der Waals surface area contributed by atoms with Gasteiger partial charge in [0.2, 0.25) is 0 Å². The van der Waals surface area contributed by atoms with Gasteiger partial charge in [-0.05, 0) is 36.1 Å². The van der Waals surface area contributed by atoms with E-state index >= 15 is 0 Å². The fourth-order valence-electron chi connectivity index (χ4n) is 0.764. The van der Waals surface area contributed by atoms with Gasteiger partial charge in [-0.2, -0.15) is 4.37 Å². The van der Waals surface area contributed by atoms with Crippen LogP contribution in [0.25, 0.3) is 9.75 Å². The van der Waals surface area contributed by atoms with Crippen molar-refractivity contribution >= 4 is 23.1 Å². The van der Waals surface area contributed by atoms with E-state index in [-0.39, 0.29) is 0 Å². The van der Waals surface area contributed by atoms with Crippen LogP contribution >= 0.6 is 23.1 Å². The van der Waals surface area contributed by atoms with Gasteiger partial charge in [-0.1, -0.05) is 0 Å². The van der Waals surface area contributed by atoms with Crippen LogP contribution in [0, 0.1) is 13.0 Å². The second-order valence-corrected chi connectivity index (χ2v) is 3.71. The molecule has 0 spiro atoms. The van der Waals surface area contributed by atoms with Gasteiger partial charge in [0.25, 0.3) is 0 Å². The molecule has 2 aromatic rings. The lowest BCUT2D eigenvalue weighted by Crippen LogP contribution is -1.62. The summed E-state index contributed by atoms with van der Waals surface area (Å²) >= 11 is 2.95. The predicted octanol–water partition coefficient (Wildman–Crippen LogP) is 2.38. The van der Waals surface area contributed by atoms with Crippen LogP contribution in [0.5, 0.6) is 0 Å². The molecule has 0 amide bonds. The number of aromatic nitrogens is 2. The summed E-state index contributed by atoms with van der Waals surface area (Å²) in [5.41, 5.74) is 0.957. The second kappa shape index (κ2) is 2.71. The van der Waals surface area contributed by atoms with Crippen molar-refractivity contribution in [3.8, 4) is 9.75 Å². The topological polar surface area (TPSA) is 25.8 Å². The molecule has 0 aliphatic heterocycles. The molecular weight excluding hydrogens is 176 g/mol. The lowest BCUT2D eigenvalue weighted by Gasteiger charge is -1.81. The van der Waals surface area contributed by atoms with Crippen LogP contribution in [-0.4, -0.2) is 8.75 Å². The normalized spacial score (nSPS) is 10.3. The molecule has 55 valence electrons. The van der Waals surface area contributed by atoms with Gasteiger partial charge in [-0.15, -0.1) is 0 Å². The number of rotatable bonds is 1. The first-order valence-corrected chi connectivity index (χ1v) is 4.67. The lowest BCUT2D eigenvalue weighted by molar-refractivity contribution is 1.34. The van der Waals surface area contributed by atoms with E-state index in [2.05, 4.69) is 14.8 Å². The standard InChI is InChI=1S/C7H5N2S2/c1-5-4-7(11-9-5)6-2-3-8-10-6/h2-3H,1H3. The van der Waals surface area contributed by atoms with Crippen molar-refractivity contribution in [3.63, 3.8) is 0 Å². The molecule has 0 saturated carbocycles. The zero-order valence-electron chi connectivity index (χ0n) is 5.87. The molecule has 0 atom stereocenters. The van der Waals surface area contributed by atoms with E-state index < -0.39 is 0 Å². The molecule has 2 rings (SSSR count). The number of nitrogens with zero attached hydrogens (tertiary/aromatic N) is 2. The highest BCUT2D eigenvalue weighted by Crippen LogP contribution is 2.26. The molecule has 1 radical (unpaired) electrons. The summed E-state index contributed by atoms with van der Waals surface area (Å²) in [4.78, 5) is 2.24. The number of hydrogen-bond donors (Lipinski definition) is 0. The SMILES string of the molecule is Cc1[c]c(-c2ccns2)sn1. The van der Waals surface area contributed by atoms with Crippen molar-refractivity contribution in [2.24, 2.45) is 0 Å². The van der Waals surface area contributed by atoms with E-state index in [4.69, 9.17) is 0 Å². The first kappa shape index (κ1) is 6.94. The fourth-order valence-corrected chi connectivity index (χ4v) is 2.10. The van der Waals surface area contributed by atoms with E-state index in [1.807, 2.05) is 13.0 Å². The van der Waals surface area contributed by atoms with Crippen LogP contribution in [0.3, 0.4) is 0 Å². The molecule has 2 heterocycles. The molecule has 11 heavy (non-hydrogen) atoms. The quantitative estimate of drug-likeness (QED) is 0.675. The summed E-state index contributed by atoms with van der Waals surface area (Å²) in [6.07, 6.45) is 1.79. The monoisotopic (exact) mass is 181 g/mol. The predicted molar refractivity (Wildman–Crippen MR) is 46.8 cm³/mol. The summed E-state index contributed by atoms with van der Waals surface area (Å²) in [5.74, 6) is 0. The maximum atomic E-state index is 4.14. The lowest BCUT2D eigenvalue weighted by atomic mass is 10.3. The number of hydrogen-bond acceptors (Lipinski definition) is 4. The summed E-state index contributed by atoms with van der Waals surface area (Å²) in [7, 11) is 0. The number of aryl methyl sites for hydroxylation is 1. The van der Waals surface area contributed by atoms with Crippen LogP contribution in [0.2, 0.25) is 0 Å². The highest BCUT2D eigenvalue weighted by atomic mass is 32.1. The molecule has 2 nitrogen and oxygen atoms in total. The van der Waals surface area contributed by atoms with Crippen LogP contribution in [-0.2, 0) is 0 Å². The maximum Gasteiger partial charge on any atom is 0.0748 e. The highest BCUT2D eigenvalue weighted by molar-refractivity contribution is 7.16. The van der Waals surface area contributed by atoms with Crippen molar-refractivity contribution in [1.82, 2.24) is 8.75 Å². The Morgan fingerprint density at radius 3 is 2.91 bits per heavy atom. The summed E-state index contributed by atoms with van der Waals surface area (Å²) < 4.78 is 8.15. The Bertz CT molecular complexity index is 337. The van der Waals surface area contributed by atoms with Crippen molar-refractivity contribution in [2.45, 2.75) is 6.92 Å². The molecule has 0 unspecified atom stereocenters. The van der Waals surface area contributed by atoms with Gasteiger partial charge in [-0.3, -0.25) is 0 Å². The average molecular weight is 181 g/mol. The van der Waals surface area contributed by atoms with Gasteiger partial charge in [0.15, 0.2) is 0 Å². The van der Waals surface area contributed by atoms with Crippen molar-refractivity contribution in [1.29, 1.82) is 0 Å². The molecule has 0 aromatic carbocycles. The van der Waals surface area contributed by atoms with Crippen molar-refractivity contribution < 1.29 is 0 Å². The molecule has 0 bridgehead atoms. The third kappa shape index (κ3) is 1.32. The molecule has 0 aliphatic rings. The largest absolute Gasteiger partial charge is 0.201 e. The van der Waals surface area contributed by atoms with Crippen LogP contribution in [0.4, 0.5) is 0 Å². The zero-order chi connectivity index (χ0) is 7.68. The van der Waals surface area contributed by atoms with E-state index in [0.29, 0.717) is 0 Å². The van der Waals surface area contributed by atoms with Gasteiger partial charge < -0.3 is 0 Å². The minimum Gasteiger partial charge on any atom is -0.201 e.